The molecule has 0 aromatic heterocycles. The van der Waals surface area contributed by atoms with Gasteiger partial charge in [0.2, 0.25) is 11.3 Å². The maximum absolute atomic E-state index is 13.6. The number of phenolic OH excluding ortho intramolecular Hbond substituents is 1. The summed E-state index contributed by atoms with van der Waals surface area (Å²) < 4.78 is 0. The van der Waals surface area contributed by atoms with Crippen molar-refractivity contribution in [3.05, 3.63) is 50.6 Å². The van der Waals surface area contributed by atoms with Crippen molar-refractivity contribution >= 4 is 29.0 Å². The maximum Gasteiger partial charge on any atom is 0.255 e. The van der Waals surface area contributed by atoms with E-state index in [0.717, 1.165) is 0 Å². The molecule has 1 fully saturated rings. The monoisotopic (exact) mass is 483 g/mol. The van der Waals surface area contributed by atoms with Crippen LogP contribution in [0.2, 0.25) is 0 Å². The van der Waals surface area contributed by atoms with Gasteiger partial charge in [0.15, 0.2) is 11.6 Å². The Bertz CT molecular complexity index is 1260. The molecule has 3 atom stereocenters. The van der Waals surface area contributed by atoms with Gasteiger partial charge in [0, 0.05) is 36.4 Å². The van der Waals surface area contributed by atoms with Crippen molar-refractivity contribution in [2.75, 3.05) is 20.6 Å². The molecule has 0 radical (unpaired) electrons. The Labute approximate surface area is 199 Å². The predicted octanol–water partition coefficient (Wildman–Crippen LogP) is 1.33. The van der Waals surface area contributed by atoms with Crippen molar-refractivity contribution in [3.63, 3.8) is 0 Å². The van der Waals surface area contributed by atoms with Crippen LogP contribution in [0.5, 0.6) is 5.75 Å². The second kappa shape index (κ2) is 8.42. The molecule has 1 aromatic rings. The van der Waals surface area contributed by atoms with Gasteiger partial charge in [-0.25, -0.2) is 0 Å². The van der Waals surface area contributed by atoms with Gasteiger partial charge in [-0.3, -0.25) is 19.2 Å². The molecule has 0 saturated heterocycles. The molecular weight excluding hydrogens is 458 g/mol. The third-order valence-electron chi connectivity index (χ3n) is 7.18. The van der Waals surface area contributed by atoms with Gasteiger partial charge in [-0.15, -0.1) is 4.91 Å². The van der Waals surface area contributed by atoms with E-state index in [9.17, 15) is 39.4 Å². The zero-order chi connectivity index (χ0) is 25.8. The van der Waals surface area contributed by atoms with Crippen molar-refractivity contribution in [3.8, 4) is 5.75 Å². The fraction of sp³-hybridized carbons (Fsp3) is 0.417. The fourth-order valence-electron chi connectivity index (χ4n) is 5.50. The number of Topliss-reactive ketones (excluding diaryl/α,β-unsaturated/α-hetero) is 3. The summed E-state index contributed by atoms with van der Waals surface area (Å²) in [5.41, 5.74) is 2.13. The molecule has 4 rings (SSSR count). The number of amides is 1. The second-order valence-corrected chi connectivity index (χ2v) is 9.46. The van der Waals surface area contributed by atoms with Gasteiger partial charge in [-0.1, -0.05) is 0 Å². The average molecular weight is 483 g/mol. The Morgan fingerprint density at radius 2 is 1.86 bits per heavy atom. The topological polar surface area (TPSA) is 188 Å². The summed E-state index contributed by atoms with van der Waals surface area (Å²) in [5.74, 6) is -7.29. The Balaban J connectivity index is 1.89. The molecule has 0 heterocycles. The van der Waals surface area contributed by atoms with Gasteiger partial charge in [-0.2, -0.15) is 0 Å². The molecular formula is C24H25N3O8. The molecule has 0 unspecified atom stereocenters. The number of fused-ring (bicyclic) bond motifs is 3. The number of aliphatic hydroxyl groups is 2. The van der Waals surface area contributed by atoms with Gasteiger partial charge < -0.3 is 26.0 Å². The first-order chi connectivity index (χ1) is 16.4. The van der Waals surface area contributed by atoms with Gasteiger partial charge in [0.1, 0.15) is 22.8 Å². The van der Waals surface area contributed by atoms with E-state index in [-0.39, 0.29) is 41.9 Å². The molecule has 3 aliphatic carbocycles. The molecule has 0 bridgehead atoms. The summed E-state index contributed by atoms with van der Waals surface area (Å²) in [4.78, 5) is 64.7. The molecule has 5 N–H and O–H groups in total. The van der Waals surface area contributed by atoms with Crippen LogP contribution in [0, 0.1) is 16.7 Å². The summed E-state index contributed by atoms with van der Waals surface area (Å²) in [6, 6.07) is 2.70. The lowest BCUT2D eigenvalue weighted by molar-refractivity contribution is -0.129. The Hall–Kier alpha value is -3.86. The van der Waals surface area contributed by atoms with Crippen molar-refractivity contribution in [1.82, 2.24) is 4.90 Å². The molecule has 0 aliphatic heterocycles. The fourth-order valence-corrected chi connectivity index (χ4v) is 5.50. The minimum Gasteiger partial charge on any atom is -0.508 e. The molecule has 11 nitrogen and oxygen atoms in total. The van der Waals surface area contributed by atoms with Gasteiger partial charge in [0.25, 0.3) is 5.91 Å². The molecule has 3 aliphatic rings. The normalized spacial score (nSPS) is 25.8. The highest BCUT2D eigenvalue weighted by atomic mass is 16.3. The number of rotatable bonds is 6. The first-order valence-corrected chi connectivity index (χ1v) is 11.1. The van der Waals surface area contributed by atoms with Crippen LogP contribution in [0.1, 0.15) is 40.7 Å². The Morgan fingerprint density at radius 3 is 2.46 bits per heavy atom. The number of aromatic hydroxyl groups is 1. The lowest BCUT2D eigenvalue weighted by Crippen LogP contribution is -2.57. The number of phenols is 1. The molecule has 35 heavy (non-hydrogen) atoms. The summed E-state index contributed by atoms with van der Waals surface area (Å²) in [5, 5.41) is 35.2. The average Bonchev–Trinajstić information content (AvgIpc) is 2.77. The van der Waals surface area contributed by atoms with E-state index in [1.165, 1.54) is 12.1 Å². The highest BCUT2D eigenvalue weighted by Gasteiger charge is 2.63. The first kappa shape index (κ1) is 24.3. The number of aliphatic hydroxyl groups excluding tert-OH is 2. The quantitative estimate of drug-likeness (QED) is 0.263. The first-order valence-electron chi connectivity index (χ1n) is 11.1. The number of carbonyl (C=O) groups excluding carboxylic acids is 4. The maximum atomic E-state index is 13.6. The summed E-state index contributed by atoms with van der Waals surface area (Å²) in [6.07, 6.45) is -0.176. The molecule has 1 saturated carbocycles. The third kappa shape index (κ3) is 3.45. The van der Waals surface area contributed by atoms with Gasteiger partial charge in [-0.05, 0) is 55.7 Å². The van der Waals surface area contributed by atoms with Crippen LogP contribution in [0.15, 0.2) is 34.2 Å². The standard InChI is InChI=1S/C24H25N3O8/c1-27(2)6-5-14(28)12-3-4-15(29)18-13(12)8-10-7-11-9-16(30)19(23(25)34)22(33)24(11,26-35)21(32)17(10)20(18)31/h3-4,10-11,29,31,33H,5-9H2,1-2H3,(H2,25,34)/t10-,11+,24+/m1/s1. The van der Waals surface area contributed by atoms with E-state index >= 15 is 0 Å². The van der Waals surface area contributed by atoms with E-state index < -0.39 is 58.4 Å². The predicted molar refractivity (Wildman–Crippen MR) is 122 cm³/mol. The number of nitroso groups, excluding NO2 is 1. The highest BCUT2D eigenvalue weighted by molar-refractivity contribution is 6.23. The van der Waals surface area contributed by atoms with Gasteiger partial charge in [0.05, 0.1) is 5.56 Å². The van der Waals surface area contributed by atoms with Crippen LogP contribution in [0.25, 0.3) is 5.76 Å². The van der Waals surface area contributed by atoms with Crippen LogP contribution < -0.4 is 5.73 Å². The SMILES string of the molecule is CN(C)CCC(=O)c1ccc(O)c2c1C[C@H]1C[C@H]3CC(=O)C(C(N)=O)=C(O)[C@@]3(N=O)C(=O)C1=C2O. The van der Waals surface area contributed by atoms with Crippen molar-refractivity contribution < 1.29 is 34.5 Å². The number of nitrogens with zero attached hydrogens (tertiary/aromatic N) is 2. The number of carbonyl (C=O) groups is 4. The van der Waals surface area contributed by atoms with Crippen LogP contribution in [-0.4, -0.2) is 69.7 Å². The second-order valence-electron chi connectivity index (χ2n) is 9.46. The summed E-state index contributed by atoms with van der Waals surface area (Å²) in [6.45, 7) is 0.481. The number of hydrogen-bond donors (Lipinski definition) is 4. The van der Waals surface area contributed by atoms with Crippen molar-refractivity contribution in [2.24, 2.45) is 22.7 Å². The number of benzene rings is 1. The minimum absolute atomic E-state index is 0.0147. The molecule has 1 amide bonds. The smallest absolute Gasteiger partial charge is 0.255 e. The summed E-state index contributed by atoms with van der Waals surface area (Å²) in [7, 11) is 3.64. The lowest BCUT2D eigenvalue weighted by Gasteiger charge is -2.45. The zero-order valence-corrected chi connectivity index (χ0v) is 19.2. The van der Waals surface area contributed by atoms with E-state index in [1.807, 2.05) is 19.0 Å². The summed E-state index contributed by atoms with van der Waals surface area (Å²) >= 11 is 0. The number of nitrogens with two attached hydrogens (primary N) is 1. The molecule has 184 valence electrons. The number of hydrogen-bond acceptors (Lipinski definition) is 10. The van der Waals surface area contributed by atoms with Crippen molar-refractivity contribution in [1.29, 1.82) is 0 Å². The van der Waals surface area contributed by atoms with Crippen LogP contribution in [0.4, 0.5) is 0 Å². The number of ketones is 3. The number of primary amides is 1. The molecule has 1 aromatic carbocycles. The molecule has 11 heteroatoms. The Kier molecular flexibility index (Phi) is 5.84. The van der Waals surface area contributed by atoms with Crippen molar-refractivity contribution in [2.45, 2.75) is 31.2 Å². The lowest BCUT2D eigenvalue weighted by atomic mass is 9.58. The van der Waals surface area contributed by atoms with Crippen LogP contribution in [-0.2, 0) is 20.8 Å². The van der Waals surface area contributed by atoms with E-state index in [2.05, 4.69) is 5.18 Å². The third-order valence-corrected chi connectivity index (χ3v) is 7.18. The zero-order valence-electron chi connectivity index (χ0n) is 19.2. The Morgan fingerprint density at radius 1 is 1.17 bits per heavy atom. The minimum atomic E-state index is -2.50. The van der Waals surface area contributed by atoms with E-state index in [1.54, 1.807) is 0 Å². The van der Waals surface area contributed by atoms with Crippen LogP contribution >= 0.6 is 0 Å². The largest absolute Gasteiger partial charge is 0.508 e. The van der Waals surface area contributed by atoms with E-state index in [0.29, 0.717) is 17.7 Å². The van der Waals surface area contributed by atoms with E-state index in [4.69, 9.17) is 5.73 Å². The van der Waals surface area contributed by atoms with Gasteiger partial charge >= 0.3 is 0 Å². The molecule has 0 spiro atoms. The highest BCUT2D eigenvalue weighted by Crippen LogP contribution is 2.53. The van der Waals surface area contributed by atoms with Crippen LogP contribution in [0.3, 0.4) is 0 Å².